The summed E-state index contributed by atoms with van der Waals surface area (Å²) in [5, 5.41) is 6.10. The molecule has 1 aromatic heterocycles. The summed E-state index contributed by atoms with van der Waals surface area (Å²) in [7, 11) is 0. The molecule has 6 heteroatoms. The van der Waals surface area contributed by atoms with Crippen molar-refractivity contribution in [3.63, 3.8) is 0 Å². The number of benzene rings is 1. The molecule has 2 aromatic rings. The Bertz CT molecular complexity index is 716. The van der Waals surface area contributed by atoms with Gasteiger partial charge in [-0.15, -0.1) is 0 Å². The van der Waals surface area contributed by atoms with E-state index >= 15 is 0 Å². The van der Waals surface area contributed by atoms with E-state index in [9.17, 15) is 4.79 Å². The van der Waals surface area contributed by atoms with E-state index in [-0.39, 0.29) is 12.0 Å². The summed E-state index contributed by atoms with van der Waals surface area (Å²) in [5.41, 5.74) is 0.948. The number of hydrogen-bond donors (Lipinski definition) is 2. The first-order valence-corrected chi connectivity index (χ1v) is 8.66. The number of amides is 1. The first-order chi connectivity index (χ1) is 12.0. The molecule has 0 aliphatic rings. The van der Waals surface area contributed by atoms with Crippen molar-refractivity contribution in [2.45, 2.75) is 46.6 Å². The van der Waals surface area contributed by atoms with Crippen LogP contribution in [0.15, 0.2) is 30.3 Å². The quantitative estimate of drug-likeness (QED) is 0.708. The predicted molar refractivity (Wildman–Crippen MR) is 100 cm³/mol. The van der Waals surface area contributed by atoms with Crippen LogP contribution >= 0.6 is 0 Å². The Labute approximate surface area is 149 Å². The van der Waals surface area contributed by atoms with Crippen LogP contribution in [0, 0.1) is 6.92 Å². The fraction of sp³-hybridized carbons (Fsp3) is 0.421. The largest absolute Gasteiger partial charge is 0.489 e. The molecule has 0 unspecified atom stereocenters. The summed E-state index contributed by atoms with van der Waals surface area (Å²) >= 11 is 0. The third kappa shape index (κ3) is 5.74. The fourth-order valence-corrected chi connectivity index (χ4v) is 2.28. The van der Waals surface area contributed by atoms with Crippen LogP contribution < -0.4 is 15.4 Å². The number of aromatic nitrogens is 2. The van der Waals surface area contributed by atoms with E-state index in [0.717, 1.165) is 19.4 Å². The third-order valence-corrected chi connectivity index (χ3v) is 3.40. The average Bonchev–Trinajstić information content (AvgIpc) is 2.56. The van der Waals surface area contributed by atoms with Crippen molar-refractivity contribution in [2.24, 2.45) is 0 Å². The standard InChI is InChI=1S/C19H26N4O2/c1-5-6-11-20-18-12-16(21-14(4)22-18)19(24)23-15-9-7-8-10-17(15)25-13(2)3/h7-10,12-13H,5-6,11H2,1-4H3,(H,23,24)(H,20,21,22). The Morgan fingerprint density at radius 1 is 1.24 bits per heavy atom. The first kappa shape index (κ1) is 18.7. The Hall–Kier alpha value is -2.63. The van der Waals surface area contributed by atoms with Gasteiger partial charge in [-0.3, -0.25) is 4.79 Å². The van der Waals surface area contributed by atoms with E-state index in [2.05, 4.69) is 27.5 Å². The lowest BCUT2D eigenvalue weighted by molar-refractivity contribution is 0.102. The van der Waals surface area contributed by atoms with Gasteiger partial charge in [0.1, 0.15) is 23.1 Å². The molecule has 0 saturated carbocycles. The van der Waals surface area contributed by atoms with Gasteiger partial charge in [-0.1, -0.05) is 25.5 Å². The van der Waals surface area contributed by atoms with Crippen LogP contribution in [-0.4, -0.2) is 28.5 Å². The lowest BCUT2D eigenvalue weighted by atomic mass is 10.2. The number of para-hydroxylation sites is 2. The van der Waals surface area contributed by atoms with E-state index < -0.39 is 0 Å². The lowest BCUT2D eigenvalue weighted by Gasteiger charge is -2.15. The maximum atomic E-state index is 12.6. The second kappa shape index (κ2) is 9.01. The monoisotopic (exact) mass is 342 g/mol. The highest BCUT2D eigenvalue weighted by molar-refractivity contribution is 6.04. The van der Waals surface area contributed by atoms with Gasteiger partial charge in [-0.25, -0.2) is 9.97 Å². The zero-order valence-corrected chi connectivity index (χ0v) is 15.3. The molecule has 134 valence electrons. The van der Waals surface area contributed by atoms with Crippen LogP contribution in [0.4, 0.5) is 11.5 Å². The van der Waals surface area contributed by atoms with Crippen molar-refractivity contribution in [3.05, 3.63) is 41.9 Å². The zero-order chi connectivity index (χ0) is 18.2. The number of ether oxygens (including phenoxy) is 1. The molecule has 0 bridgehead atoms. The molecule has 0 aliphatic carbocycles. The van der Waals surface area contributed by atoms with E-state index in [1.165, 1.54) is 0 Å². The van der Waals surface area contributed by atoms with Crippen LogP contribution in [0.5, 0.6) is 5.75 Å². The molecule has 25 heavy (non-hydrogen) atoms. The minimum absolute atomic E-state index is 0.0220. The van der Waals surface area contributed by atoms with Crippen molar-refractivity contribution >= 4 is 17.4 Å². The van der Waals surface area contributed by atoms with Gasteiger partial charge in [0, 0.05) is 12.6 Å². The third-order valence-electron chi connectivity index (χ3n) is 3.40. The highest BCUT2D eigenvalue weighted by Gasteiger charge is 2.13. The highest BCUT2D eigenvalue weighted by atomic mass is 16.5. The number of carbonyl (C=O) groups is 1. The molecule has 0 fully saturated rings. The average molecular weight is 342 g/mol. The van der Waals surface area contributed by atoms with Crippen molar-refractivity contribution in [1.29, 1.82) is 0 Å². The summed E-state index contributed by atoms with van der Waals surface area (Å²) in [6, 6.07) is 9.04. The Balaban J connectivity index is 2.15. The molecule has 0 aliphatic heterocycles. The molecule has 0 atom stereocenters. The minimum atomic E-state index is -0.288. The molecule has 1 heterocycles. The molecular formula is C19H26N4O2. The van der Waals surface area contributed by atoms with Crippen molar-refractivity contribution < 1.29 is 9.53 Å². The number of anilines is 2. The van der Waals surface area contributed by atoms with Gasteiger partial charge in [0.05, 0.1) is 11.8 Å². The second-order valence-electron chi connectivity index (χ2n) is 6.08. The van der Waals surface area contributed by atoms with Crippen molar-refractivity contribution in [3.8, 4) is 5.75 Å². The topological polar surface area (TPSA) is 76.1 Å². The van der Waals surface area contributed by atoms with E-state index in [4.69, 9.17) is 4.74 Å². The van der Waals surface area contributed by atoms with E-state index in [1.54, 1.807) is 13.0 Å². The van der Waals surface area contributed by atoms with Gasteiger partial charge < -0.3 is 15.4 Å². The van der Waals surface area contributed by atoms with Gasteiger partial charge in [-0.05, 0) is 39.3 Å². The van der Waals surface area contributed by atoms with Gasteiger partial charge >= 0.3 is 0 Å². The lowest BCUT2D eigenvalue weighted by Crippen LogP contribution is -2.17. The summed E-state index contributed by atoms with van der Waals surface area (Å²) in [4.78, 5) is 21.2. The number of nitrogens with one attached hydrogen (secondary N) is 2. The molecular weight excluding hydrogens is 316 g/mol. The highest BCUT2D eigenvalue weighted by Crippen LogP contribution is 2.25. The number of carbonyl (C=O) groups excluding carboxylic acids is 1. The number of rotatable bonds is 8. The Kier molecular flexibility index (Phi) is 6.74. The number of unbranched alkanes of at least 4 members (excludes halogenated alkanes) is 1. The molecule has 0 saturated heterocycles. The molecule has 0 radical (unpaired) electrons. The van der Waals surface area contributed by atoms with Crippen LogP contribution in [0.1, 0.15) is 49.9 Å². The maximum absolute atomic E-state index is 12.6. The Morgan fingerprint density at radius 3 is 2.72 bits per heavy atom. The SMILES string of the molecule is CCCCNc1cc(C(=O)Nc2ccccc2OC(C)C)nc(C)n1. The van der Waals surface area contributed by atoms with Crippen LogP contribution in [0.25, 0.3) is 0 Å². The molecule has 1 amide bonds. The Morgan fingerprint density at radius 2 is 2.00 bits per heavy atom. The van der Waals surface area contributed by atoms with Gasteiger partial charge in [-0.2, -0.15) is 0 Å². The molecule has 2 N–H and O–H groups in total. The number of nitrogens with zero attached hydrogens (tertiary/aromatic N) is 2. The minimum Gasteiger partial charge on any atom is -0.489 e. The first-order valence-electron chi connectivity index (χ1n) is 8.66. The fourth-order valence-electron chi connectivity index (χ4n) is 2.28. The molecule has 0 spiro atoms. The van der Waals surface area contributed by atoms with Crippen molar-refractivity contribution in [2.75, 3.05) is 17.2 Å². The summed E-state index contributed by atoms with van der Waals surface area (Å²) < 4.78 is 5.74. The maximum Gasteiger partial charge on any atom is 0.274 e. The summed E-state index contributed by atoms with van der Waals surface area (Å²) in [6.07, 6.45) is 2.16. The summed E-state index contributed by atoms with van der Waals surface area (Å²) in [5.74, 6) is 1.57. The molecule has 6 nitrogen and oxygen atoms in total. The van der Waals surface area contributed by atoms with Crippen LogP contribution in [0.2, 0.25) is 0 Å². The molecule has 2 rings (SSSR count). The van der Waals surface area contributed by atoms with Gasteiger partial charge in [0.25, 0.3) is 5.91 Å². The predicted octanol–water partition coefficient (Wildman–Crippen LogP) is 4.04. The zero-order valence-electron chi connectivity index (χ0n) is 15.3. The van der Waals surface area contributed by atoms with Crippen LogP contribution in [0.3, 0.4) is 0 Å². The second-order valence-corrected chi connectivity index (χ2v) is 6.08. The number of hydrogen-bond acceptors (Lipinski definition) is 5. The van der Waals surface area contributed by atoms with E-state index in [1.807, 2.05) is 38.1 Å². The smallest absolute Gasteiger partial charge is 0.274 e. The van der Waals surface area contributed by atoms with Crippen molar-refractivity contribution in [1.82, 2.24) is 9.97 Å². The van der Waals surface area contributed by atoms with E-state index in [0.29, 0.717) is 28.8 Å². The summed E-state index contributed by atoms with van der Waals surface area (Å²) in [6.45, 7) is 8.61. The molecule has 1 aromatic carbocycles. The number of aryl methyl sites for hydroxylation is 1. The van der Waals surface area contributed by atoms with Crippen LogP contribution in [-0.2, 0) is 0 Å². The normalized spacial score (nSPS) is 10.6. The van der Waals surface area contributed by atoms with Gasteiger partial charge in [0.15, 0.2) is 0 Å². The van der Waals surface area contributed by atoms with Gasteiger partial charge in [0.2, 0.25) is 0 Å².